The zero-order valence-corrected chi connectivity index (χ0v) is 23.9. The molecule has 224 valence electrons. The summed E-state index contributed by atoms with van der Waals surface area (Å²) in [5, 5.41) is 9.43. The molecule has 3 aliphatic rings. The molecule has 2 fully saturated rings. The molecule has 9 nitrogen and oxygen atoms in total. The molecule has 1 unspecified atom stereocenters. The van der Waals surface area contributed by atoms with E-state index in [1.807, 2.05) is 11.9 Å². The molecular formula is C30H35F3N6O3. The number of ether oxygens (including phenoxy) is 2. The highest BCUT2D eigenvalue weighted by molar-refractivity contribution is 5.87. The van der Waals surface area contributed by atoms with E-state index >= 15 is 0 Å². The maximum Gasteiger partial charge on any atom is 0.417 e. The van der Waals surface area contributed by atoms with Crippen LogP contribution >= 0.6 is 0 Å². The van der Waals surface area contributed by atoms with Gasteiger partial charge in [-0.05, 0) is 50.6 Å². The van der Waals surface area contributed by atoms with Crippen LogP contribution in [0.15, 0.2) is 30.9 Å². The van der Waals surface area contributed by atoms with Gasteiger partial charge in [0.2, 0.25) is 5.91 Å². The molecule has 5 rings (SSSR count). The molecule has 0 N–H and O–H groups in total. The highest BCUT2D eigenvalue weighted by atomic mass is 19.4. The molecule has 0 spiro atoms. The number of hydrogen-bond acceptors (Lipinski definition) is 8. The van der Waals surface area contributed by atoms with E-state index in [0.717, 1.165) is 19.4 Å². The maximum atomic E-state index is 14.1. The summed E-state index contributed by atoms with van der Waals surface area (Å²) >= 11 is 0. The van der Waals surface area contributed by atoms with Crippen LogP contribution in [0.3, 0.4) is 0 Å². The fourth-order valence-electron chi connectivity index (χ4n) is 6.20. The summed E-state index contributed by atoms with van der Waals surface area (Å²) in [4.78, 5) is 27.7. The number of alkyl halides is 3. The summed E-state index contributed by atoms with van der Waals surface area (Å²) in [6, 6.07) is 6.68. The lowest BCUT2D eigenvalue weighted by molar-refractivity contribution is -0.140. The van der Waals surface area contributed by atoms with Crippen LogP contribution in [0.4, 0.5) is 19.0 Å². The molecule has 4 heterocycles. The lowest BCUT2D eigenvalue weighted by atomic mass is 9.92. The van der Waals surface area contributed by atoms with Gasteiger partial charge < -0.3 is 24.2 Å². The molecule has 3 aliphatic heterocycles. The van der Waals surface area contributed by atoms with E-state index in [4.69, 9.17) is 14.5 Å². The Morgan fingerprint density at radius 3 is 2.76 bits per heavy atom. The Labute approximate surface area is 243 Å². The Morgan fingerprint density at radius 1 is 1.26 bits per heavy atom. The number of fused-ring (bicyclic) bond motifs is 1. The molecule has 0 radical (unpaired) electrons. The highest BCUT2D eigenvalue weighted by Gasteiger charge is 2.39. The number of nitriles is 1. The third-order valence-corrected chi connectivity index (χ3v) is 8.44. The molecule has 1 aromatic carbocycles. The minimum absolute atomic E-state index is 0.0148. The number of rotatable bonds is 7. The van der Waals surface area contributed by atoms with E-state index in [1.165, 1.54) is 25.1 Å². The summed E-state index contributed by atoms with van der Waals surface area (Å²) in [5.74, 6) is 0.316. The Hall–Kier alpha value is -3.69. The molecule has 1 amide bonds. The lowest BCUT2D eigenvalue weighted by Crippen LogP contribution is -2.55. The van der Waals surface area contributed by atoms with Crippen molar-refractivity contribution in [2.24, 2.45) is 0 Å². The standard InChI is InChI=1S/C30H35F3N6O3/c1-4-26(40)39-14-13-38(16-20(39)10-11-34)28-23-18-41-25(22-9-5-7-19(2)27(22)30(31,32)33)15-24(23)35-29(36-28)42-17-21-8-6-12-37(21)3/h4-5,7,9,20-21,25H,1,6,8,10,12-18H2,2-3H3/t20-,21-,25?/m0/s1. The lowest BCUT2D eigenvalue weighted by Gasteiger charge is -2.42. The Balaban J connectivity index is 1.49. The molecule has 0 aliphatic carbocycles. The first kappa shape index (κ1) is 29.8. The number of amides is 1. The van der Waals surface area contributed by atoms with E-state index in [0.29, 0.717) is 43.3 Å². The maximum absolute atomic E-state index is 14.1. The topological polar surface area (TPSA) is 94.8 Å². The normalized spacial score (nSPS) is 22.9. The fourth-order valence-corrected chi connectivity index (χ4v) is 6.20. The number of hydrogen-bond donors (Lipinski definition) is 0. The van der Waals surface area contributed by atoms with Gasteiger partial charge in [-0.25, -0.2) is 0 Å². The molecule has 2 saturated heterocycles. The van der Waals surface area contributed by atoms with Crippen LogP contribution in [0.2, 0.25) is 0 Å². The van der Waals surface area contributed by atoms with Crippen molar-refractivity contribution >= 4 is 11.7 Å². The van der Waals surface area contributed by atoms with Crippen molar-refractivity contribution < 1.29 is 27.4 Å². The van der Waals surface area contributed by atoms with Crippen molar-refractivity contribution in [1.82, 2.24) is 19.8 Å². The van der Waals surface area contributed by atoms with E-state index in [1.54, 1.807) is 11.0 Å². The first-order valence-corrected chi connectivity index (χ1v) is 14.2. The zero-order valence-electron chi connectivity index (χ0n) is 23.9. The van der Waals surface area contributed by atoms with Crippen molar-refractivity contribution in [2.45, 2.75) is 63.6 Å². The molecule has 0 saturated carbocycles. The average molecular weight is 585 g/mol. The molecular weight excluding hydrogens is 549 g/mol. The largest absolute Gasteiger partial charge is 0.462 e. The number of aromatic nitrogens is 2. The predicted molar refractivity (Wildman–Crippen MR) is 149 cm³/mol. The monoisotopic (exact) mass is 584 g/mol. The number of carbonyl (C=O) groups is 1. The summed E-state index contributed by atoms with van der Waals surface area (Å²) in [6.07, 6.45) is -1.81. The van der Waals surface area contributed by atoms with Gasteiger partial charge in [-0.15, -0.1) is 0 Å². The second-order valence-electron chi connectivity index (χ2n) is 11.1. The summed E-state index contributed by atoms with van der Waals surface area (Å²) in [7, 11) is 2.04. The van der Waals surface area contributed by atoms with Gasteiger partial charge in [0.15, 0.2) is 0 Å². The number of carbonyl (C=O) groups excluding carboxylic acids is 1. The second-order valence-corrected chi connectivity index (χ2v) is 11.1. The fraction of sp³-hybridized carbons (Fsp3) is 0.533. The number of piperazine rings is 1. The SMILES string of the molecule is C=CC(=O)N1CCN(c2nc(OC[C@@H]3CCCN3C)nc3c2COC(c2cccc(C)c2C(F)(F)F)C3)C[C@@H]1CC#N. The Bertz CT molecular complexity index is 1380. The van der Waals surface area contributed by atoms with Crippen molar-refractivity contribution in [3.05, 3.63) is 58.8 Å². The first-order chi connectivity index (χ1) is 20.1. The van der Waals surface area contributed by atoms with Gasteiger partial charge in [-0.3, -0.25) is 4.79 Å². The minimum Gasteiger partial charge on any atom is -0.462 e. The van der Waals surface area contributed by atoms with Crippen LogP contribution in [0, 0.1) is 18.3 Å². The number of likely N-dealkylation sites (tertiary alicyclic amines) is 1. The predicted octanol–water partition coefficient (Wildman–Crippen LogP) is 4.21. The number of halogens is 3. The zero-order chi connectivity index (χ0) is 30.0. The summed E-state index contributed by atoms with van der Waals surface area (Å²) < 4.78 is 54.3. The number of nitrogens with zero attached hydrogens (tertiary/aromatic N) is 6. The van der Waals surface area contributed by atoms with Crippen molar-refractivity contribution in [2.75, 3.05) is 44.7 Å². The number of benzene rings is 1. The van der Waals surface area contributed by atoms with Gasteiger partial charge in [0, 0.05) is 37.7 Å². The van der Waals surface area contributed by atoms with Crippen molar-refractivity contribution in [1.29, 1.82) is 5.26 Å². The quantitative estimate of drug-likeness (QED) is 0.447. The van der Waals surface area contributed by atoms with Gasteiger partial charge in [-0.1, -0.05) is 24.8 Å². The first-order valence-electron chi connectivity index (χ1n) is 14.2. The average Bonchev–Trinajstić information content (AvgIpc) is 3.38. The van der Waals surface area contributed by atoms with Crippen LogP contribution in [-0.4, -0.2) is 77.6 Å². The van der Waals surface area contributed by atoms with Gasteiger partial charge in [0.1, 0.15) is 12.4 Å². The van der Waals surface area contributed by atoms with Gasteiger partial charge in [0.25, 0.3) is 0 Å². The second kappa shape index (κ2) is 12.3. The number of aryl methyl sites for hydroxylation is 1. The third kappa shape index (κ3) is 6.08. The third-order valence-electron chi connectivity index (χ3n) is 8.44. The molecule has 42 heavy (non-hydrogen) atoms. The van der Waals surface area contributed by atoms with Crippen LogP contribution < -0.4 is 9.64 Å². The highest BCUT2D eigenvalue weighted by Crippen LogP contribution is 2.42. The van der Waals surface area contributed by atoms with E-state index < -0.39 is 17.8 Å². The summed E-state index contributed by atoms with van der Waals surface area (Å²) in [6.45, 7) is 7.57. The van der Waals surface area contributed by atoms with E-state index in [9.17, 15) is 23.2 Å². The molecule has 0 bridgehead atoms. The number of likely N-dealkylation sites (N-methyl/N-ethyl adjacent to an activating group) is 1. The van der Waals surface area contributed by atoms with E-state index in [2.05, 4.69) is 22.5 Å². The minimum atomic E-state index is -4.53. The molecule has 1 aromatic heterocycles. The molecule has 3 atom stereocenters. The van der Waals surface area contributed by atoms with Crippen LogP contribution in [0.25, 0.3) is 0 Å². The van der Waals surface area contributed by atoms with Crippen LogP contribution in [0.5, 0.6) is 6.01 Å². The van der Waals surface area contributed by atoms with Crippen molar-refractivity contribution in [3.63, 3.8) is 0 Å². The number of anilines is 1. The van der Waals surface area contributed by atoms with Crippen LogP contribution in [-0.2, 0) is 28.7 Å². The molecule has 2 aromatic rings. The van der Waals surface area contributed by atoms with Crippen molar-refractivity contribution in [3.8, 4) is 12.1 Å². The van der Waals surface area contributed by atoms with Gasteiger partial charge >= 0.3 is 12.2 Å². The smallest absolute Gasteiger partial charge is 0.417 e. The Morgan fingerprint density at radius 2 is 2.07 bits per heavy atom. The van der Waals surface area contributed by atoms with E-state index in [-0.39, 0.29) is 54.6 Å². The Kier molecular flexibility index (Phi) is 8.70. The van der Waals surface area contributed by atoms with Crippen LogP contribution in [0.1, 0.15) is 53.3 Å². The van der Waals surface area contributed by atoms with Gasteiger partial charge in [-0.2, -0.15) is 28.4 Å². The molecule has 12 heteroatoms. The summed E-state index contributed by atoms with van der Waals surface area (Å²) in [5.41, 5.74) is 0.780. The van der Waals surface area contributed by atoms with Gasteiger partial charge in [0.05, 0.1) is 42.5 Å².